The van der Waals surface area contributed by atoms with Gasteiger partial charge in [0.1, 0.15) is 11.9 Å². The van der Waals surface area contributed by atoms with Crippen molar-refractivity contribution in [2.45, 2.75) is 32.2 Å². The third-order valence-electron chi connectivity index (χ3n) is 5.13. The molecule has 150 valence electrons. The Labute approximate surface area is 171 Å². The van der Waals surface area contributed by atoms with E-state index in [0.29, 0.717) is 22.6 Å². The van der Waals surface area contributed by atoms with Crippen LogP contribution in [0.15, 0.2) is 42.6 Å². The summed E-state index contributed by atoms with van der Waals surface area (Å²) in [4.78, 5) is 32.8. The Morgan fingerprint density at radius 3 is 2.62 bits per heavy atom. The van der Waals surface area contributed by atoms with E-state index in [2.05, 4.69) is 17.2 Å². The van der Waals surface area contributed by atoms with E-state index in [0.717, 1.165) is 19.4 Å². The Kier molecular flexibility index (Phi) is 6.45. The molecule has 1 aliphatic rings. The number of piperidine rings is 1. The summed E-state index contributed by atoms with van der Waals surface area (Å²) in [7, 11) is 1.76. The molecule has 1 fully saturated rings. The van der Waals surface area contributed by atoms with Crippen molar-refractivity contribution in [3.63, 3.8) is 0 Å². The van der Waals surface area contributed by atoms with Crippen LogP contribution in [-0.4, -0.2) is 47.9 Å². The summed E-state index contributed by atoms with van der Waals surface area (Å²) < 4.78 is 0. The number of carbonyl (C=O) groups is 2. The smallest absolute Gasteiger partial charge is 0.254 e. The first-order chi connectivity index (χ1) is 14.0. The third-order valence-corrected chi connectivity index (χ3v) is 5.13. The first kappa shape index (κ1) is 20.3. The van der Waals surface area contributed by atoms with E-state index in [1.807, 2.05) is 11.0 Å². The number of anilines is 2. The van der Waals surface area contributed by atoms with Crippen molar-refractivity contribution >= 4 is 23.3 Å². The Bertz CT molecular complexity index is 902. The van der Waals surface area contributed by atoms with Crippen molar-refractivity contribution in [3.05, 3.63) is 53.7 Å². The number of rotatable bonds is 5. The molecule has 1 N–H and O–H groups in total. The van der Waals surface area contributed by atoms with E-state index in [1.165, 1.54) is 12.6 Å². The minimum atomic E-state index is -0.192. The molecule has 3 rings (SSSR count). The van der Waals surface area contributed by atoms with Crippen molar-refractivity contribution < 1.29 is 9.59 Å². The van der Waals surface area contributed by atoms with Crippen LogP contribution in [0.2, 0.25) is 0 Å². The van der Waals surface area contributed by atoms with Gasteiger partial charge in [-0.15, -0.1) is 0 Å². The van der Waals surface area contributed by atoms with Crippen molar-refractivity contribution in [2.75, 3.05) is 30.4 Å². The predicted octanol–water partition coefficient (Wildman–Crippen LogP) is 3.04. The molecule has 0 aliphatic carbocycles. The van der Waals surface area contributed by atoms with Crippen molar-refractivity contribution in [1.82, 2.24) is 9.88 Å². The standard InChI is InChI=1S/C22H25N5O2/c1-16-5-3-4-12-27(16)22(29)18-7-9-19(10-8-18)25-21(28)15-26(2)20-11-6-17(13-23)14-24-20/h6-11,14,16H,3-5,12,15H2,1-2H3,(H,25,28). The second-order valence-corrected chi connectivity index (χ2v) is 7.34. The number of benzene rings is 1. The second kappa shape index (κ2) is 9.20. The normalized spacial score (nSPS) is 16.0. The molecule has 0 bridgehead atoms. The van der Waals surface area contributed by atoms with Gasteiger partial charge in [-0.1, -0.05) is 0 Å². The van der Waals surface area contributed by atoms with E-state index in [1.54, 1.807) is 48.3 Å². The van der Waals surface area contributed by atoms with Crippen molar-refractivity contribution in [3.8, 4) is 6.07 Å². The fourth-order valence-electron chi connectivity index (χ4n) is 3.44. The average Bonchev–Trinajstić information content (AvgIpc) is 2.74. The zero-order valence-corrected chi connectivity index (χ0v) is 16.8. The quantitative estimate of drug-likeness (QED) is 0.846. The first-order valence-electron chi connectivity index (χ1n) is 9.76. The Morgan fingerprint density at radius 2 is 2.00 bits per heavy atom. The molecule has 1 unspecified atom stereocenters. The molecule has 7 heteroatoms. The van der Waals surface area contributed by atoms with E-state index < -0.39 is 0 Å². The van der Waals surface area contributed by atoms with Gasteiger partial charge in [0.05, 0.1) is 12.1 Å². The Morgan fingerprint density at radius 1 is 1.24 bits per heavy atom. The first-order valence-corrected chi connectivity index (χ1v) is 9.76. The summed E-state index contributed by atoms with van der Waals surface area (Å²) in [6.07, 6.45) is 4.73. The van der Waals surface area contributed by atoms with Crippen LogP contribution in [-0.2, 0) is 4.79 Å². The van der Waals surface area contributed by atoms with Crippen LogP contribution in [0.25, 0.3) is 0 Å². The highest BCUT2D eigenvalue weighted by atomic mass is 16.2. The molecule has 2 heterocycles. The van der Waals surface area contributed by atoms with Crippen LogP contribution in [0.3, 0.4) is 0 Å². The second-order valence-electron chi connectivity index (χ2n) is 7.34. The number of aromatic nitrogens is 1. The summed E-state index contributed by atoms with van der Waals surface area (Å²) in [6.45, 7) is 3.00. The highest BCUT2D eigenvalue weighted by Gasteiger charge is 2.24. The van der Waals surface area contributed by atoms with Crippen LogP contribution in [0, 0.1) is 11.3 Å². The number of likely N-dealkylation sites (N-methyl/N-ethyl adjacent to an activating group) is 1. The minimum absolute atomic E-state index is 0.0432. The molecule has 1 aromatic carbocycles. The van der Waals surface area contributed by atoms with Gasteiger partial charge < -0.3 is 15.1 Å². The molecule has 0 radical (unpaired) electrons. The number of amides is 2. The molecule has 0 spiro atoms. The topological polar surface area (TPSA) is 89.3 Å². The lowest BCUT2D eigenvalue weighted by Crippen LogP contribution is -2.42. The molecule has 2 aromatic rings. The molecular weight excluding hydrogens is 366 g/mol. The van der Waals surface area contributed by atoms with Crippen LogP contribution in [0.5, 0.6) is 0 Å². The lowest BCUT2D eigenvalue weighted by molar-refractivity contribution is -0.114. The number of carbonyl (C=O) groups excluding carboxylic acids is 2. The zero-order valence-electron chi connectivity index (χ0n) is 16.8. The molecule has 1 aliphatic heterocycles. The molecule has 7 nitrogen and oxygen atoms in total. The molecular formula is C22H25N5O2. The van der Waals surface area contributed by atoms with Crippen LogP contribution in [0.4, 0.5) is 11.5 Å². The lowest BCUT2D eigenvalue weighted by Gasteiger charge is -2.33. The van der Waals surface area contributed by atoms with E-state index >= 15 is 0 Å². The van der Waals surface area contributed by atoms with Gasteiger partial charge in [-0.3, -0.25) is 9.59 Å². The number of pyridine rings is 1. The van der Waals surface area contributed by atoms with Gasteiger partial charge in [0.25, 0.3) is 5.91 Å². The van der Waals surface area contributed by atoms with Crippen molar-refractivity contribution in [1.29, 1.82) is 5.26 Å². The monoisotopic (exact) mass is 391 g/mol. The summed E-state index contributed by atoms with van der Waals surface area (Å²) in [6, 6.07) is 12.7. The highest BCUT2D eigenvalue weighted by Crippen LogP contribution is 2.20. The Balaban J connectivity index is 1.56. The number of nitriles is 1. The van der Waals surface area contributed by atoms with Crippen LogP contribution in [0.1, 0.15) is 42.1 Å². The van der Waals surface area contributed by atoms with Crippen molar-refractivity contribution in [2.24, 2.45) is 0 Å². The largest absolute Gasteiger partial charge is 0.350 e. The third kappa shape index (κ3) is 5.11. The van der Waals surface area contributed by atoms with Crippen LogP contribution < -0.4 is 10.2 Å². The Hall–Kier alpha value is -3.40. The minimum Gasteiger partial charge on any atom is -0.350 e. The number of hydrogen-bond acceptors (Lipinski definition) is 5. The number of nitrogens with zero attached hydrogens (tertiary/aromatic N) is 4. The molecule has 0 saturated carbocycles. The summed E-state index contributed by atoms with van der Waals surface area (Å²) in [5.41, 5.74) is 1.75. The van der Waals surface area contributed by atoms with Gasteiger partial charge in [0, 0.05) is 37.1 Å². The molecule has 1 atom stereocenters. The summed E-state index contributed by atoms with van der Waals surface area (Å²) in [5.74, 6) is 0.458. The fraction of sp³-hybridized carbons (Fsp3) is 0.364. The number of likely N-dealkylation sites (tertiary alicyclic amines) is 1. The molecule has 1 aromatic heterocycles. The average molecular weight is 391 g/mol. The van der Waals surface area contributed by atoms with Gasteiger partial charge in [-0.05, 0) is 62.6 Å². The van der Waals surface area contributed by atoms with E-state index in [-0.39, 0.29) is 24.4 Å². The van der Waals surface area contributed by atoms with Gasteiger partial charge in [0.2, 0.25) is 5.91 Å². The maximum Gasteiger partial charge on any atom is 0.254 e. The maximum atomic E-state index is 12.7. The SMILES string of the molecule is CC1CCCCN1C(=O)c1ccc(NC(=O)CN(C)c2ccc(C#N)cn2)cc1. The maximum absolute atomic E-state index is 12.7. The van der Waals surface area contributed by atoms with E-state index in [9.17, 15) is 9.59 Å². The highest BCUT2D eigenvalue weighted by molar-refractivity contribution is 5.97. The zero-order chi connectivity index (χ0) is 20.8. The van der Waals surface area contributed by atoms with Gasteiger partial charge in [-0.2, -0.15) is 5.26 Å². The number of hydrogen-bond donors (Lipinski definition) is 1. The van der Waals surface area contributed by atoms with Gasteiger partial charge in [0.15, 0.2) is 0 Å². The fourth-order valence-corrected chi connectivity index (χ4v) is 3.44. The summed E-state index contributed by atoms with van der Waals surface area (Å²) >= 11 is 0. The van der Waals surface area contributed by atoms with Gasteiger partial charge >= 0.3 is 0 Å². The number of nitrogens with one attached hydrogen (secondary N) is 1. The summed E-state index contributed by atoms with van der Waals surface area (Å²) in [5, 5.41) is 11.7. The molecule has 2 amide bonds. The lowest BCUT2D eigenvalue weighted by atomic mass is 10.0. The molecule has 29 heavy (non-hydrogen) atoms. The van der Waals surface area contributed by atoms with E-state index in [4.69, 9.17) is 5.26 Å². The van der Waals surface area contributed by atoms with Crippen LogP contribution >= 0.6 is 0 Å². The predicted molar refractivity (Wildman–Crippen MR) is 112 cm³/mol. The molecule has 1 saturated heterocycles. The van der Waals surface area contributed by atoms with Gasteiger partial charge in [-0.25, -0.2) is 4.98 Å².